The van der Waals surface area contributed by atoms with E-state index in [0.29, 0.717) is 5.56 Å². The predicted octanol–water partition coefficient (Wildman–Crippen LogP) is 2.41. The molecule has 0 spiro atoms. The number of piperidine rings is 2. The number of imidazole rings is 1. The number of hydrogen-bond donors (Lipinski definition) is 1. The smallest absolute Gasteiger partial charge is 0.323 e. The number of aromatic amines is 1. The molecule has 2 aromatic heterocycles. The largest absolute Gasteiger partial charge is 0.326 e. The van der Waals surface area contributed by atoms with E-state index in [2.05, 4.69) is 20.1 Å². The quantitative estimate of drug-likeness (QED) is 0.722. The van der Waals surface area contributed by atoms with Crippen molar-refractivity contribution in [1.29, 1.82) is 0 Å². The monoisotopic (exact) mass is 406 g/mol. The molecule has 5 rings (SSSR count). The molecule has 8 nitrogen and oxygen atoms in total. The second-order valence-corrected chi connectivity index (χ2v) is 8.19. The minimum atomic E-state index is -0.0330. The maximum atomic E-state index is 13.1. The van der Waals surface area contributed by atoms with Gasteiger partial charge in [0.1, 0.15) is 0 Å². The average Bonchev–Trinajstić information content (AvgIpc) is 3.15. The van der Waals surface area contributed by atoms with Gasteiger partial charge in [-0.25, -0.2) is 4.79 Å². The molecule has 1 amide bonds. The van der Waals surface area contributed by atoms with Crippen molar-refractivity contribution in [3.05, 3.63) is 58.8 Å². The van der Waals surface area contributed by atoms with Crippen LogP contribution in [0.25, 0.3) is 11.0 Å². The molecule has 1 N–H and O–H groups in total. The Morgan fingerprint density at radius 3 is 2.63 bits per heavy atom. The maximum Gasteiger partial charge on any atom is 0.326 e. The van der Waals surface area contributed by atoms with E-state index in [-0.39, 0.29) is 23.8 Å². The lowest BCUT2D eigenvalue weighted by Crippen LogP contribution is -2.55. The molecule has 8 heteroatoms. The molecule has 3 aromatic rings. The zero-order valence-corrected chi connectivity index (χ0v) is 16.9. The summed E-state index contributed by atoms with van der Waals surface area (Å²) in [5.41, 5.74) is 2.42. The molecule has 1 atom stereocenters. The van der Waals surface area contributed by atoms with Gasteiger partial charge in [0, 0.05) is 25.7 Å². The molecule has 2 fully saturated rings. The van der Waals surface area contributed by atoms with Gasteiger partial charge in [-0.3, -0.25) is 14.3 Å². The first-order valence-electron chi connectivity index (χ1n) is 10.7. The summed E-state index contributed by atoms with van der Waals surface area (Å²) >= 11 is 0. The van der Waals surface area contributed by atoms with Crippen molar-refractivity contribution in [2.24, 2.45) is 0 Å². The molecular formula is C22H26N6O2. The van der Waals surface area contributed by atoms with Crippen LogP contribution in [0.2, 0.25) is 0 Å². The van der Waals surface area contributed by atoms with Crippen LogP contribution in [0.1, 0.15) is 48.5 Å². The van der Waals surface area contributed by atoms with E-state index >= 15 is 0 Å². The van der Waals surface area contributed by atoms with Crippen LogP contribution in [0.5, 0.6) is 0 Å². The number of amides is 1. The first-order chi connectivity index (χ1) is 14.7. The number of carbonyl (C=O) groups is 1. The van der Waals surface area contributed by atoms with Crippen LogP contribution in [0.3, 0.4) is 0 Å². The molecule has 0 saturated carbocycles. The Morgan fingerprint density at radius 2 is 1.83 bits per heavy atom. The fourth-order valence-corrected chi connectivity index (χ4v) is 4.99. The lowest BCUT2D eigenvalue weighted by atomic mass is 10.00. The van der Waals surface area contributed by atoms with Gasteiger partial charge in [-0.05, 0) is 50.3 Å². The van der Waals surface area contributed by atoms with E-state index in [4.69, 9.17) is 0 Å². The number of H-pyrrole nitrogens is 1. The Balaban J connectivity index is 1.32. The van der Waals surface area contributed by atoms with Gasteiger partial charge in [-0.2, -0.15) is 10.2 Å². The standard InChI is InChI=1S/C22H26N6O2/c29-21(16-8-11-23-24-15-16)27-12-4-3-7-20(27)26-13-9-17(10-14-26)28-19-6-2-1-5-18(19)25-22(28)30/h1-2,5-6,8,11,15,17,20H,3-4,7,9-10,12-14H2,(H,25,30). The van der Waals surface area contributed by atoms with E-state index in [1.807, 2.05) is 33.7 Å². The molecule has 30 heavy (non-hydrogen) atoms. The highest BCUT2D eigenvalue weighted by Gasteiger charge is 2.34. The van der Waals surface area contributed by atoms with E-state index in [9.17, 15) is 9.59 Å². The first-order valence-corrected chi connectivity index (χ1v) is 10.7. The highest BCUT2D eigenvalue weighted by atomic mass is 16.2. The Bertz CT molecular complexity index is 1080. The molecule has 156 valence electrons. The highest BCUT2D eigenvalue weighted by molar-refractivity contribution is 5.94. The number of carbonyl (C=O) groups excluding carboxylic acids is 1. The minimum Gasteiger partial charge on any atom is -0.323 e. The second kappa shape index (κ2) is 8.02. The summed E-state index contributed by atoms with van der Waals surface area (Å²) < 4.78 is 1.92. The summed E-state index contributed by atoms with van der Waals surface area (Å²) in [6.45, 7) is 2.52. The molecule has 1 unspecified atom stereocenters. The van der Waals surface area contributed by atoms with Gasteiger partial charge in [-0.15, -0.1) is 0 Å². The molecule has 0 bridgehead atoms. The number of nitrogens with one attached hydrogen (secondary N) is 1. The molecule has 2 aliphatic heterocycles. The summed E-state index contributed by atoms with van der Waals surface area (Å²) in [5.74, 6) is 0.0320. The minimum absolute atomic E-state index is 0.0320. The topological polar surface area (TPSA) is 87.1 Å². The van der Waals surface area contributed by atoms with Gasteiger partial charge >= 0.3 is 5.69 Å². The van der Waals surface area contributed by atoms with Crippen LogP contribution in [0, 0.1) is 0 Å². The van der Waals surface area contributed by atoms with Gasteiger partial charge in [0.25, 0.3) is 5.91 Å². The van der Waals surface area contributed by atoms with Crippen LogP contribution < -0.4 is 5.69 Å². The summed E-state index contributed by atoms with van der Waals surface area (Å²) in [6, 6.07) is 9.78. The summed E-state index contributed by atoms with van der Waals surface area (Å²) in [7, 11) is 0. The van der Waals surface area contributed by atoms with Crippen molar-refractivity contribution in [2.75, 3.05) is 19.6 Å². The summed E-state index contributed by atoms with van der Waals surface area (Å²) in [6.07, 6.45) is 8.17. The number of likely N-dealkylation sites (tertiary alicyclic amines) is 2. The van der Waals surface area contributed by atoms with Gasteiger partial charge in [-0.1, -0.05) is 12.1 Å². The number of fused-ring (bicyclic) bond motifs is 1. The van der Waals surface area contributed by atoms with E-state index in [0.717, 1.165) is 62.8 Å². The van der Waals surface area contributed by atoms with E-state index < -0.39 is 0 Å². The van der Waals surface area contributed by atoms with Gasteiger partial charge < -0.3 is 9.88 Å². The lowest BCUT2D eigenvalue weighted by molar-refractivity contribution is 0.00117. The third-order valence-electron chi connectivity index (χ3n) is 6.47. The number of rotatable bonds is 3. The van der Waals surface area contributed by atoms with E-state index in [1.54, 1.807) is 18.5 Å². The van der Waals surface area contributed by atoms with Crippen molar-refractivity contribution in [3.63, 3.8) is 0 Å². The predicted molar refractivity (Wildman–Crippen MR) is 113 cm³/mol. The van der Waals surface area contributed by atoms with Crippen molar-refractivity contribution in [1.82, 2.24) is 29.5 Å². The van der Waals surface area contributed by atoms with Crippen LogP contribution in [0.4, 0.5) is 0 Å². The lowest BCUT2D eigenvalue weighted by Gasteiger charge is -2.45. The zero-order valence-electron chi connectivity index (χ0n) is 16.9. The number of hydrogen-bond acceptors (Lipinski definition) is 5. The van der Waals surface area contributed by atoms with Crippen molar-refractivity contribution in [2.45, 2.75) is 44.3 Å². The average molecular weight is 406 g/mol. The molecule has 0 radical (unpaired) electrons. The number of benzene rings is 1. The Kier molecular flexibility index (Phi) is 5.08. The molecule has 4 heterocycles. The number of aromatic nitrogens is 4. The Hall–Kier alpha value is -3.00. The van der Waals surface area contributed by atoms with Gasteiger partial charge in [0.15, 0.2) is 0 Å². The molecule has 0 aliphatic carbocycles. The van der Waals surface area contributed by atoms with Crippen LogP contribution in [-0.2, 0) is 0 Å². The zero-order chi connectivity index (χ0) is 20.5. The number of para-hydroxylation sites is 2. The SMILES string of the molecule is O=C(c1ccnnc1)N1CCCCC1N1CCC(n2c(=O)[nH]c3ccccc32)CC1. The van der Waals surface area contributed by atoms with E-state index in [1.165, 1.54) is 0 Å². The van der Waals surface area contributed by atoms with Gasteiger partial charge in [0.05, 0.1) is 35.2 Å². The van der Waals surface area contributed by atoms with Gasteiger partial charge in [0.2, 0.25) is 0 Å². The Labute approximate surface area is 174 Å². The van der Waals surface area contributed by atoms with Crippen LogP contribution in [-0.4, -0.2) is 61.3 Å². The summed E-state index contributed by atoms with van der Waals surface area (Å²) in [4.78, 5) is 33.0. The third kappa shape index (κ3) is 3.41. The third-order valence-corrected chi connectivity index (χ3v) is 6.47. The molecule has 2 aliphatic rings. The molecule has 2 saturated heterocycles. The highest BCUT2D eigenvalue weighted by Crippen LogP contribution is 2.29. The maximum absolute atomic E-state index is 13.1. The van der Waals surface area contributed by atoms with Crippen molar-refractivity contribution < 1.29 is 4.79 Å². The molecular weight excluding hydrogens is 380 g/mol. The van der Waals surface area contributed by atoms with Crippen LogP contribution >= 0.6 is 0 Å². The van der Waals surface area contributed by atoms with Crippen molar-refractivity contribution in [3.8, 4) is 0 Å². The molecule has 1 aromatic carbocycles. The Morgan fingerprint density at radius 1 is 1.00 bits per heavy atom. The summed E-state index contributed by atoms with van der Waals surface area (Å²) in [5, 5.41) is 7.64. The van der Waals surface area contributed by atoms with Crippen molar-refractivity contribution >= 4 is 16.9 Å². The second-order valence-electron chi connectivity index (χ2n) is 8.19. The normalized spacial score (nSPS) is 21.2. The number of nitrogens with zero attached hydrogens (tertiary/aromatic N) is 5. The first kappa shape index (κ1) is 19.0. The fraction of sp³-hybridized carbons (Fsp3) is 0.455. The fourth-order valence-electron chi connectivity index (χ4n) is 4.99. The van der Waals surface area contributed by atoms with Crippen LogP contribution in [0.15, 0.2) is 47.5 Å².